The maximum absolute atomic E-state index is 11.3. The summed E-state index contributed by atoms with van der Waals surface area (Å²) in [7, 11) is -3.62. The van der Waals surface area contributed by atoms with Crippen LogP contribution in [0.3, 0.4) is 0 Å². The van der Waals surface area contributed by atoms with Gasteiger partial charge in [-0.25, -0.2) is 13.6 Å². The van der Waals surface area contributed by atoms with Crippen LogP contribution in [0.4, 0.5) is 0 Å². The second-order valence-electron chi connectivity index (χ2n) is 6.01. The Hall–Kier alpha value is -1.97. The summed E-state index contributed by atoms with van der Waals surface area (Å²) in [5, 5.41) is 12.6. The summed E-state index contributed by atoms with van der Waals surface area (Å²) in [6.45, 7) is 3.42. The van der Waals surface area contributed by atoms with Crippen LogP contribution in [0.1, 0.15) is 18.4 Å². The first-order valence-electron chi connectivity index (χ1n) is 7.84. The highest BCUT2D eigenvalue weighted by molar-refractivity contribution is 7.89. The van der Waals surface area contributed by atoms with Crippen molar-refractivity contribution in [3.63, 3.8) is 0 Å². The predicted molar refractivity (Wildman–Crippen MR) is 87.3 cm³/mol. The number of primary sulfonamides is 1. The average molecular weight is 351 g/mol. The lowest BCUT2D eigenvalue weighted by Gasteiger charge is -2.31. The quantitative estimate of drug-likeness (QED) is 0.801. The zero-order valence-corrected chi connectivity index (χ0v) is 14.1. The van der Waals surface area contributed by atoms with Crippen LogP contribution in [-0.4, -0.2) is 48.2 Å². The zero-order chi connectivity index (χ0) is 17.0. The predicted octanol–water partition coefficient (Wildman–Crippen LogP) is 0.266. The standard InChI is InChI=1S/C15H21N5O3S/c16-24(21,22)15-3-1-13(2-4-15)11-19-8-5-14(6-9-19)12-23-20-10-7-17-18-20/h1-4,7,10,14H,5-6,8-9,11-12H2,(H2,16,21,22). The van der Waals surface area contributed by atoms with E-state index in [-0.39, 0.29) is 4.90 Å². The van der Waals surface area contributed by atoms with Crippen molar-refractivity contribution in [1.29, 1.82) is 0 Å². The molecule has 1 aromatic carbocycles. The summed E-state index contributed by atoms with van der Waals surface area (Å²) in [6.07, 6.45) is 5.39. The maximum atomic E-state index is 11.3. The molecular formula is C15H21N5O3S. The van der Waals surface area contributed by atoms with E-state index in [1.165, 1.54) is 4.85 Å². The topological polar surface area (TPSA) is 103 Å². The van der Waals surface area contributed by atoms with E-state index in [0.29, 0.717) is 12.5 Å². The van der Waals surface area contributed by atoms with Gasteiger partial charge in [0.2, 0.25) is 10.0 Å². The Morgan fingerprint density at radius 3 is 2.50 bits per heavy atom. The van der Waals surface area contributed by atoms with E-state index in [4.69, 9.17) is 9.98 Å². The lowest BCUT2D eigenvalue weighted by Crippen LogP contribution is -2.36. The molecule has 1 aliphatic heterocycles. The molecule has 0 aliphatic carbocycles. The van der Waals surface area contributed by atoms with Gasteiger partial charge in [0.1, 0.15) is 6.61 Å². The minimum atomic E-state index is -3.62. The molecule has 9 heteroatoms. The van der Waals surface area contributed by atoms with Crippen molar-refractivity contribution in [2.24, 2.45) is 11.1 Å². The molecular weight excluding hydrogens is 330 g/mol. The van der Waals surface area contributed by atoms with Crippen LogP contribution in [0.2, 0.25) is 0 Å². The Morgan fingerprint density at radius 1 is 1.21 bits per heavy atom. The van der Waals surface area contributed by atoms with E-state index in [2.05, 4.69) is 15.2 Å². The van der Waals surface area contributed by atoms with Gasteiger partial charge < -0.3 is 4.84 Å². The molecule has 0 atom stereocenters. The van der Waals surface area contributed by atoms with Crippen LogP contribution in [0, 0.1) is 5.92 Å². The Morgan fingerprint density at radius 2 is 1.92 bits per heavy atom. The molecule has 2 N–H and O–H groups in total. The fraction of sp³-hybridized carbons (Fsp3) is 0.467. The molecule has 0 saturated carbocycles. The Kier molecular flexibility index (Phi) is 5.12. The SMILES string of the molecule is NS(=O)(=O)c1ccc(CN2CCC(COn3ccnn3)CC2)cc1. The molecule has 0 radical (unpaired) electrons. The van der Waals surface area contributed by atoms with E-state index in [1.54, 1.807) is 24.5 Å². The number of nitrogens with zero attached hydrogens (tertiary/aromatic N) is 4. The minimum Gasteiger partial charge on any atom is -0.395 e. The highest BCUT2D eigenvalue weighted by atomic mass is 32.2. The fourth-order valence-corrected chi connectivity index (χ4v) is 3.32. The maximum Gasteiger partial charge on any atom is 0.238 e. The van der Waals surface area contributed by atoms with Crippen LogP contribution < -0.4 is 9.98 Å². The normalized spacial score (nSPS) is 17.0. The second-order valence-corrected chi connectivity index (χ2v) is 7.57. The Labute approximate surface area is 141 Å². The molecule has 2 aromatic rings. The summed E-state index contributed by atoms with van der Waals surface area (Å²) in [4.78, 5) is 9.44. The highest BCUT2D eigenvalue weighted by Crippen LogP contribution is 2.19. The van der Waals surface area contributed by atoms with Crippen LogP contribution in [-0.2, 0) is 16.6 Å². The molecule has 24 heavy (non-hydrogen) atoms. The fourth-order valence-electron chi connectivity index (χ4n) is 2.80. The summed E-state index contributed by atoms with van der Waals surface area (Å²) >= 11 is 0. The first-order valence-corrected chi connectivity index (χ1v) is 9.39. The third-order valence-electron chi connectivity index (χ3n) is 4.21. The van der Waals surface area contributed by atoms with Gasteiger partial charge in [-0.2, -0.15) is 0 Å². The van der Waals surface area contributed by atoms with Crippen LogP contribution >= 0.6 is 0 Å². The lowest BCUT2D eigenvalue weighted by atomic mass is 9.97. The molecule has 1 aliphatic rings. The molecule has 0 unspecified atom stereocenters. The summed E-state index contributed by atoms with van der Waals surface area (Å²) in [6, 6.07) is 6.76. The average Bonchev–Trinajstić information content (AvgIpc) is 3.07. The Bertz CT molecular complexity index is 738. The summed E-state index contributed by atoms with van der Waals surface area (Å²) in [5.74, 6) is 0.509. The number of piperidine rings is 1. The highest BCUT2D eigenvalue weighted by Gasteiger charge is 2.20. The van der Waals surface area contributed by atoms with Crippen molar-refractivity contribution in [3.8, 4) is 0 Å². The molecule has 3 rings (SSSR count). The van der Waals surface area contributed by atoms with Gasteiger partial charge in [0.15, 0.2) is 0 Å². The van der Waals surface area contributed by atoms with Crippen molar-refractivity contribution in [3.05, 3.63) is 42.2 Å². The monoisotopic (exact) mass is 351 g/mol. The summed E-state index contributed by atoms with van der Waals surface area (Å²) < 4.78 is 22.5. The zero-order valence-electron chi connectivity index (χ0n) is 13.3. The number of benzene rings is 1. The molecule has 2 heterocycles. The van der Waals surface area contributed by atoms with Gasteiger partial charge >= 0.3 is 0 Å². The van der Waals surface area contributed by atoms with Crippen molar-refractivity contribution < 1.29 is 13.3 Å². The van der Waals surface area contributed by atoms with Crippen molar-refractivity contribution in [1.82, 2.24) is 20.1 Å². The van der Waals surface area contributed by atoms with E-state index in [1.807, 2.05) is 12.1 Å². The van der Waals surface area contributed by atoms with Crippen molar-refractivity contribution in [2.45, 2.75) is 24.3 Å². The van der Waals surface area contributed by atoms with E-state index >= 15 is 0 Å². The van der Waals surface area contributed by atoms with Crippen molar-refractivity contribution >= 4 is 10.0 Å². The Balaban J connectivity index is 1.45. The molecule has 0 bridgehead atoms. The minimum absolute atomic E-state index is 0.148. The number of likely N-dealkylation sites (tertiary alicyclic amines) is 1. The third-order valence-corrected chi connectivity index (χ3v) is 5.14. The first kappa shape index (κ1) is 16.9. The second kappa shape index (κ2) is 7.29. The van der Waals surface area contributed by atoms with Gasteiger partial charge in [-0.15, -0.1) is 5.10 Å². The molecule has 8 nitrogen and oxygen atoms in total. The van der Waals surface area contributed by atoms with E-state index in [0.717, 1.165) is 38.0 Å². The molecule has 0 spiro atoms. The van der Waals surface area contributed by atoms with Gasteiger partial charge in [-0.05, 0) is 54.8 Å². The number of aromatic nitrogens is 3. The number of hydrogen-bond acceptors (Lipinski definition) is 6. The third kappa shape index (κ3) is 4.53. The number of rotatable bonds is 6. The first-order chi connectivity index (χ1) is 11.5. The van der Waals surface area contributed by atoms with Crippen LogP contribution in [0.15, 0.2) is 41.6 Å². The summed E-state index contributed by atoms with van der Waals surface area (Å²) in [5.41, 5.74) is 1.08. The van der Waals surface area contributed by atoms with Crippen molar-refractivity contribution in [2.75, 3.05) is 19.7 Å². The van der Waals surface area contributed by atoms with Crippen LogP contribution in [0.5, 0.6) is 0 Å². The van der Waals surface area contributed by atoms with E-state index in [9.17, 15) is 8.42 Å². The van der Waals surface area contributed by atoms with Gasteiger partial charge in [0.25, 0.3) is 0 Å². The molecule has 130 valence electrons. The van der Waals surface area contributed by atoms with Crippen LogP contribution in [0.25, 0.3) is 0 Å². The molecule has 1 aromatic heterocycles. The molecule has 1 saturated heterocycles. The van der Waals surface area contributed by atoms with Gasteiger partial charge in [-0.1, -0.05) is 17.0 Å². The lowest BCUT2D eigenvalue weighted by molar-refractivity contribution is 0.0319. The van der Waals surface area contributed by atoms with Gasteiger partial charge in [-0.3, -0.25) is 4.90 Å². The smallest absolute Gasteiger partial charge is 0.238 e. The molecule has 0 amide bonds. The number of hydrogen-bond donors (Lipinski definition) is 1. The largest absolute Gasteiger partial charge is 0.395 e. The van der Waals surface area contributed by atoms with Gasteiger partial charge in [0, 0.05) is 6.54 Å². The number of sulfonamides is 1. The van der Waals surface area contributed by atoms with E-state index < -0.39 is 10.0 Å². The number of nitrogens with two attached hydrogens (primary N) is 1. The molecule has 1 fully saturated rings. The van der Waals surface area contributed by atoms with Gasteiger partial charge in [0.05, 0.1) is 17.3 Å².